The Hall–Kier alpha value is -7.43. The first-order valence-corrected chi connectivity index (χ1v) is 18.3. The van der Waals surface area contributed by atoms with E-state index in [2.05, 4.69) is 133 Å². The zero-order valence-corrected chi connectivity index (χ0v) is 29.9. The Kier molecular flexibility index (Phi) is 9.05. The third-order valence-corrected chi connectivity index (χ3v) is 9.90. The Balaban J connectivity index is 1.02. The van der Waals surface area contributed by atoms with Gasteiger partial charge in [0.1, 0.15) is 11.2 Å². The number of hydrogen-bond acceptors (Lipinski definition) is 2. The molecule has 0 fully saturated rings. The second kappa shape index (κ2) is 14.9. The van der Waals surface area contributed by atoms with Crippen LogP contribution in [0.3, 0.4) is 0 Å². The fourth-order valence-electron chi connectivity index (χ4n) is 7.05. The summed E-state index contributed by atoms with van der Waals surface area (Å²) in [4.78, 5) is 9.70. The molecule has 1 N–H and O–H groups in total. The van der Waals surface area contributed by atoms with Crippen LogP contribution in [0, 0.1) is 5.41 Å². The van der Waals surface area contributed by atoms with Crippen LogP contribution in [0.4, 0.5) is 0 Å². The Morgan fingerprint density at radius 1 is 0.455 bits per heavy atom. The number of rotatable bonds is 7. The molecule has 8 aromatic carbocycles. The lowest BCUT2D eigenvalue weighted by molar-refractivity contribution is 0.670. The summed E-state index contributed by atoms with van der Waals surface area (Å²) < 4.78 is 6.53. The van der Waals surface area contributed by atoms with Gasteiger partial charge in [-0.05, 0) is 50.6 Å². The summed E-state index contributed by atoms with van der Waals surface area (Å²) in [7, 11) is 0. The summed E-state index contributed by atoms with van der Waals surface area (Å²) in [6.07, 6.45) is 1.81. The van der Waals surface area contributed by atoms with Gasteiger partial charge in [0.25, 0.3) is 0 Å². The smallest absolute Gasteiger partial charge is 0.161 e. The van der Waals surface area contributed by atoms with E-state index < -0.39 is 0 Å². The van der Waals surface area contributed by atoms with Gasteiger partial charge in [-0.25, -0.2) is 9.98 Å². The van der Waals surface area contributed by atoms with Crippen molar-refractivity contribution in [1.29, 1.82) is 5.41 Å². The van der Waals surface area contributed by atoms with Gasteiger partial charge < -0.3 is 4.42 Å². The van der Waals surface area contributed by atoms with E-state index in [0.29, 0.717) is 17.0 Å². The van der Waals surface area contributed by atoms with E-state index in [-0.39, 0.29) is 5.84 Å². The molecule has 0 unspecified atom stereocenters. The van der Waals surface area contributed by atoms with Crippen LogP contribution in [0.15, 0.2) is 215 Å². The van der Waals surface area contributed by atoms with E-state index in [1.807, 2.05) is 72.9 Å². The van der Waals surface area contributed by atoms with Gasteiger partial charge in [-0.3, -0.25) is 5.41 Å². The summed E-state index contributed by atoms with van der Waals surface area (Å²) in [6.45, 7) is 0. The van der Waals surface area contributed by atoms with Crippen molar-refractivity contribution in [1.82, 2.24) is 0 Å². The quantitative estimate of drug-likeness (QED) is 0.130. The van der Waals surface area contributed by atoms with Gasteiger partial charge in [-0.1, -0.05) is 194 Å². The third kappa shape index (κ3) is 6.93. The number of fused-ring (bicyclic) bond motifs is 3. The van der Waals surface area contributed by atoms with Gasteiger partial charge in [-0.2, -0.15) is 0 Å². The first-order chi connectivity index (χ1) is 27.2. The van der Waals surface area contributed by atoms with Crippen molar-refractivity contribution in [2.75, 3.05) is 0 Å². The number of amidine groups is 2. The van der Waals surface area contributed by atoms with Crippen LogP contribution in [0.25, 0.3) is 66.4 Å². The van der Waals surface area contributed by atoms with Crippen LogP contribution in [-0.4, -0.2) is 17.9 Å². The number of hydrogen-bond donors (Lipinski definition) is 1. The molecular formula is C51H35N3O. The lowest BCUT2D eigenvalue weighted by Gasteiger charge is -2.07. The van der Waals surface area contributed by atoms with Crippen LogP contribution in [-0.2, 0) is 0 Å². The molecule has 0 aliphatic rings. The van der Waals surface area contributed by atoms with Gasteiger partial charge in [0.2, 0.25) is 0 Å². The van der Waals surface area contributed by atoms with Crippen molar-refractivity contribution >= 4 is 39.8 Å². The Morgan fingerprint density at radius 3 is 1.53 bits per heavy atom. The van der Waals surface area contributed by atoms with Crippen molar-refractivity contribution in [3.8, 4) is 44.5 Å². The highest BCUT2D eigenvalue weighted by Crippen LogP contribution is 2.38. The van der Waals surface area contributed by atoms with Crippen LogP contribution in [0.1, 0.15) is 16.7 Å². The SMILES string of the molecule is N=C(N=C(N=Cc1ccc(-c2ccc(-c3ccccc3)cc2)cc1)c1ccccc1)c1cccc2oc3c(-c4ccc(-c5ccccc5)cc4)cccc3c12. The van der Waals surface area contributed by atoms with E-state index in [1.165, 1.54) is 16.7 Å². The Bertz CT molecular complexity index is 2820. The highest BCUT2D eigenvalue weighted by Gasteiger charge is 2.18. The predicted octanol–water partition coefficient (Wildman–Crippen LogP) is 13.1. The van der Waals surface area contributed by atoms with Crippen molar-refractivity contribution in [3.05, 3.63) is 217 Å². The minimum atomic E-state index is 0.108. The summed E-state index contributed by atoms with van der Waals surface area (Å²) >= 11 is 0. The zero-order valence-electron chi connectivity index (χ0n) is 29.9. The van der Waals surface area contributed by atoms with Gasteiger partial charge in [-0.15, -0.1) is 0 Å². The molecule has 0 saturated carbocycles. The summed E-state index contributed by atoms with van der Waals surface area (Å²) in [5.74, 6) is 0.561. The van der Waals surface area contributed by atoms with E-state index >= 15 is 0 Å². The highest BCUT2D eigenvalue weighted by molar-refractivity contribution is 6.22. The highest BCUT2D eigenvalue weighted by atomic mass is 16.3. The Labute approximate surface area is 320 Å². The molecule has 0 bridgehead atoms. The van der Waals surface area contributed by atoms with Crippen molar-refractivity contribution in [2.45, 2.75) is 0 Å². The second-order valence-corrected chi connectivity index (χ2v) is 13.4. The Morgan fingerprint density at radius 2 is 0.945 bits per heavy atom. The van der Waals surface area contributed by atoms with E-state index in [9.17, 15) is 5.41 Å². The molecule has 1 heterocycles. The average Bonchev–Trinajstić information content (AvgIpc) is 3.66. The maximum absolute atomic E-state index is 9.30. The molecule has 0 amide bonds. The molecule has 9 aromatic rings. The predicted molar refractivity (Wildman–Crippen MR) is 229 cm³/mol. The van der Waals surface area contributed by atoms with E-state index in [0.717, 1.165) is 55.3 Å². The molecule has 0 radical (unpaired) electrons. The molecule has 0 saturated heterocycles. The van der Waals surface area contributed by atoms with Crippen LogP contribution in [0.2, 0.25) is 0 Å². The molecule has 55 heavy (non-hydrogen) atoms. The zero-order chi connectivity index (χ0) is 37.0. The van der Waals surface area contributed by atoms with Crippen molar-refractivity contribution < 1.29 is 4.42 Å². The number of nitrogens with one attached hydrogen (secondary N) is 1. The standard InChI is InChI=1S/C51H35N3O/c52-50(46-20-11-21-47-48(46)45-19-10-18-44(49(45)55-47)42-32-30-40(31-33-42)37-14-6-2-7-15-37)54-51(43-16-8-3-9-17-43)53-34-35-22-24-38(25-23-35)41-28-26-39(27-29-41)36-12-4-1-5-13-36/h1-34,52H. The number of aliphatic imine (C=N–C) groups is 2. The molecule has 1 aromatic heterocycles. The molecule has 0 atom stereocenters. The molecule has 0 aliphatic carbocycles. The van der Waals surface area contributed by atoms with E-state index in [1.54, 1.807) is 0 Å². The maximum atomic E-state index is 9.30. The summed E-state index contributed by atoms with van der Waals surface area (Å²) in [5.41, 5.74) is 13.0. The molecule has 9 rings (SSSR count). The van der Waals surface area contributed by atoms with Crippen LogP contribution < -0.4 is 0 Å². The topological polar surface area (TPSA) is 61.7 Å². The monoisotopic (exact) mass is 705 g/mol. The fourth-order valence-corrected chi connectivity index (χ4v) is 7.05. The number of nitrogens with zero attached hydrogens (tertiary/aromatic N) is 2. The number of benzene rings is 8. The number of furan rings is 1. The molecule has 4 nitrogen and oxygen atoms in total. The fraction of sp³-hybridized carbons (Fsp3) is 0. The maximum Gasteiger partial charge on any atom is 0.161 e. The van der Waals surface area contributed by atoms with Crippen molar-refractivity contribution in [3.63, 3.8) is 0 Å². The number of para-hydroxylation sites is 1. The molecule has 4 heteroatoms. The molecule has 260 valence electrons. The minimum absolute atomic E-state index is 0.108. The first kappa shape index (κ1) is 33.4. The first-order valence-electron chi connectivity index (χ1n) is 18.3. The van der Waals surface area contributed by atoms with Crippen LogP contribution in [0.5, 0.6) is 0 Å². The van der Waals surface area contributed by atoms with Gasteiger partial charge in [0.15, 0.2) is 11.7 Å². The minimum Gasteiger partial charge on any atom is -0.455 e. The average molecular weight is 706 g/mol. The third-order valence-electron chi connectivity index (χ3n) is 9.90. The van der Waals surface area contributed by atoms with Gasteiger partial charge >= 0.3 is 0 Å². The van der Waals surface area contributed by atoms with Crippen molar-refractivity contribution in [2.24, 2.45) is 9.98 Å². The molecule has 0 aliphatic heterocycles. The largest absolute Gasteiger partial charge is 0.455 e. The molecular weight excluding hydrogens is 671 g/mol. The lowest BCUT2D eigenvalue weighted by Crippen LogP contribution is -2.05. The van der Waals surface area contributed by atoms with E-state index in [4.69, 9.17) is 14.4 Å². The summed E-state index contributed by atoms with van der Waals surface area (Å²) in [5, 5.41) is 11.1. The normalized spacial score (nSPS) is 11.7. The van der Waals surface area contributed by atoms with Gasteiger partial charge in [0, 0.05) is 33.7 Å². The molecule has 0 spiro atoms. The second-order valence-electron chi connectivity index (χ2n) is 13.4. The van der Waals surface area contributed by atoms with Gasteiger partial charge in [0.05, 0.1) is 0 Å². The lowest BCUT2D eigenvalue weighted by atomic mass is 9.98. The summed E-state index contributed by atoms with van der Waals surface area (Å²) in [6, 6.07) is 68.1. The van der Waals surface area contributed by atoms with Crippen LogP contribution >= 0.6 is 0 Å².